The molecule has 0 saturated carbocycles. The maximum atomic E-state index is 10.5. The van der Waals surface area contributed by atoms with Crippen LogP contribution in [0.15, 0.2) is 36.4 Å². The van der Waals surface area contributed by atoms with Crippen molar-refractivity contribution in [3.05, 3.63) is 47.5 Å². The van der Waals surface area contributed by atoms with Crippen LogP contribution < -0.4 is 9.47 Å². The fourth-order valence-electron chi connectivity index (χ4n) is 3.95. The fourth-order valence-corrected chi connectivity index (χ4v) is 3.95. The zero-order valence-corrected chi connectivity index (χ0v) is 21.2. The lowest BCUT2D eigenvalue weighted by Gasteiger charge is -2.18. The number of ether oxygens (including phenoxy) is 6. The van der Waals surface area contributed by atoms with Crippen molar-refractivity contribution in [2.75, 3.05) is 52.9 Å². The molecule has 0 aromatic heterocycles. The van der Waals surface area contributed by atoms with Gasteiger partial charge in [-0.1, -0.05) is 12.1 Å². The molecular weight excluding hydrogens is 464 g/mol. The molecular formula is C28H38O8. The van der Waals surface area contributed by atoms with Gasteiger partial charge in [-0.25, -0.2) is 0 Å². The van der Waals surface area contributed by atoms with E-state index in [9.17, 15) is 10.2 Å². The first kappa shape index (κ1) is 26.9. The number of epoxide rings is 2. The third-order valence-electron chi connectivity index (χ3n) is 6.05. The Bertz CT molecular complexity index is 957. The lowest BCUT2D eigenvalue weighted by atomic mass is 9.96. The molecule has 36 heavy (non-hydrogen) atoms. The van der Waals surface area contributed by atoms with Gasteiger partial charge in [-0.05, 0) is 60.4 Å². The van der Waals surface area contributed by atoms with E-state index in [1.54, 1.807) is 0 Å². The first-order valence-electron chi connectivity index (χ1n) is 12.8. The summed E-state index contributed by atoms with van der Waals surface area (Å²) in [6, 6.07) is 12.1. The van der Waals surface area contributed by atoms with E-state index in [1.807, 2.05) is 38.1 Å². The topological polar surface area (TPSA) is 102 Å². The maximum absolute atomic E-state index is 10.5. The van der Waals surface area contributed by atoms with Crippen LogP contribution in [0, 0.1) is 0 Å². The molecule has 4 atom stereocenters. The third-order valence-corrected chi connectivity index (χ3v) is 6.05. The average molecular weight is 503 g/mol. The van der Waals surface area contributed by atoms with E-state index in [0.717, 1.165) is 53.4 Å². The van der Waals surface area contributed by atoms with Gasteiger partial charge in [0.15, 0.2) is 0 Å². The Morgan fingerprint density at radius 3 is 1.97 bits per heavy atom. The summed E-state index contributed by atoms with van der Waals surface area (Å²) in [6.45, 7) is 7.58. The molecule has 0 radical (unpaired) electrons. The minimum atomic E-state index is -0.686. The van der Waals surface area contributed by atoms with Crippen molar-refractivity contribution in [1.29, 1.82) is 0 Å². The molecule has 2 aliphatic rings. The maximum Gasteiger partial charge on any atom is 0.122 e. The molecule has 198 valence electrons. The third kappa shape index (κ3) is 8.44. The highest BCUT2D eigenvalue weighted by atomic mass is 16.6. The zero-order valence-electron chi connectivity index (χ0n) is 21.2. The van der Waals surface area contributed by atoms with Crippen molar-refractivity contribution in [3.8, 4) is 22.6 Å². The van der Waals surface area contributed by atoms with Crippen LogP contribution in [-0.4, -0.2) is 87.5 Å². The highest BCUT2D eigenvalue weighted by Crippen LogP contribution is 2.33. The van der Waals surface area contributed by atoms with Crippen LogP contribution in [0.3, 0.4) is 0 Å². The van der Waals surface area contributed by atoms with Gasteiger partial charge in [0, 0.05) is 26.1 Å². The van der Waals surface area contributed by atoms with E-state index in [4.69, 9.17) is 28.4 Å². The Morgan fingerprint density at radius 2 is 1.36 bits per heavy atom. The van der Waals surface area contributed by atoms with Crippen molar-refractivity contribution < 1.29 is 38.6 Å². The second kappa shape index (κ2) is 13.4. The van der Waals surface area contributed by atoms with Crippen molar-refractivity contribution in [2.45, 2.75) is 51.1 Å². The lowest BCUT2D eigenvalue weighted by Crippen LogP contribution is -2.23. The second-order valence-electron chi connectivity index (χ2n) is 9.21. The largest absolute Gasteiger partial charge is 0.491 e. The molecule has 0 spiro atoms. The van der Waals surface area contributed by atoms with Crippen LogP contribution in [0.5, 0.6) is 11.5 Å². The van der Waals surface area contributed by atoms with Gasteiger partial charge in [0.2, 0.25) is 0 Å². The summed E-state index contributed by atoms with van der Waals surface area (Å²) in [5.74, 6) is 1.49. The Kier molecular flexibility index (Phi) is 9.98. The summed E-state index contributed by atoms with van der Waals surface area (Å²) in [5, 5.41) is 20.6. The second-order valence-corrected chi connectivity index (χ2v) is 9.21. The number of aliphatic hydroxyl groups excluding tert-OH is 2. The molecule has 2 saturated heterocycles. The fraction of sp³-hybridized carbons (Fsp3) is 0.571. The van der Waals surface area contributed by atoms with Crippen molar-refractivity contribution in [3.63, 3.8) is 0 Å². The summed E-state index contributed by atoms with van der Waals surface area (Å²) in [7, 11) is 0. The number of hydrogen-bond donors (Lipinski definition) is 2. The number of aliphatic hydroxyl groups is 2. The van der Waals surface area contributed by atoms with Gasteiger partial charge in [-0.3, -0.25) is 0 Å². The van der Waals surface area contributed by atoms with Crippen molar-refractivity contribution in [1.82, 2.24) is 0 Å². The Morgan fingerprint density at radius 1 is 0.778 bits per heavy atom. The zero-order chi connectivity index (χ0) is 25.3. The number of hydrogen-bond acceptors (Lipinski definition) is 8. The van der Waals surface area contributed by atoms with Crippen LogP contribution in [0.4, 0.5) is 0 Å². The van der Waals surface area contributed by atoms with E-state index in [2.05, 4.69) is 12.1 Å². The quantitative estimate of drug-likeness (QED) is 0.319. The molecule has 4 unspecified atom stereocenters. The average Bonchev–Trinajstić information content (AvgIpc) is 3.81. The standard InChI is InChI=1S/C28H38O8/c1-3-31-13-23(29)11-21-9-19(5-7-27(21)36-18-26-17-34-26)20-6-8-28(22(10-20)12-25-16-33-25)35-15-24(30)14-32-4-2/h5-10,23-26,29-30H,3-4,11-18H2,1-2H3. The van der Waals surface area contributed by atoms with Gasteiger partial charge < -0.3 is 38.6 Å². The molecule has 2 aliphatic heterocycles. The first-order chi connectivity index (χ1) is 17.6. The van der Waals surface area contributed by atoms with E-state index in [1.165, 1.54) is 0 Å². The number of benzene rings is 2. The van der Waals surface area contributed by atoms with E-state index in [-0.39, 0.29) is 32.0 Å². The summed E-state index contributed by atoms with van der Waals surface area (Å²) in [5.41, 5.74) is 4.00. The predicted molar refractivity (Wildman–Crippen MR) is 135 cm³/mol. The minimum Gasteiger partial charge on any atom is -0.491 e. The highest BCUT2D eigenvalue weighted by Gasteiger charge is 2.26. The summed E-state index contributed by atoms with van der Waals surface area (Å²) in [4.78, 5) is 0. The minimum absolute atomic E-state index is 0.151. The molecule has 0 aliphatic carbocycles. The van der Waals surface area contributed by atoms with Crippen LogP contribution >= 0.6 is 0 Å². The molecule has 2 fully saturated rings. The molecule has 2 aromatic carbocycles. The van der Waals surface area contributed by atoms with Crippen molar-refractivity contribution in [2.24, 2.45) is 0 Å². The van der Waals surface area contributed by atoms with Crippen LogP contribution in [-0.2, 0) is 31.8 Å². The monoisotopic (exact) mass is 502 g/mol. The Labute approximate surface area is 213 Å². The van der Waals surface area contributed by atoms with Gasteiger partial charge in [-0.2, -0.15) is 0 Å². The van der Waals surface area contributed by atoms with Crippen LogP contribution in [0.25, 0.3) is 11.1 Å². The smallest absolute Gasteiger partial charge is 0.122 e. The van der Waals surface area contributed by atoms with E-state index < -0.39 is 12.2 Å². The van der Waals surface area contributed by atoms with Crippen LogP contribution in [0.2, 0.25) is 0 Å². The van der Waals surface area contributed by atoms with E-state index >= 15 is 0 Å². The van der Waals surface area contributed by atoms with Gasteiger partial charge in [0.05, 0.1) is 38.6 Å². The summed E-state index contributed by atoms with van der Waals surface area (Å²) in [6.07, 6.45) is 0.206. The number of rotatable bonds is 17. The lowest BCUT2D eigenvalue weighted by molar-refractivity contribution is 0.0162. The molecule has 2 heterocycles. The van der Waals surface area contributed by atoms with Gasteiger partial charge >= 0.3 is 0 Å². The molecule has 0 bridgehead atoms. The van der Waals surface area contributed by atoms with E-state index in [0.29, 0.717) is 26.2 Å². The molecule has 4 rings (SSSR count). The first-order valence-corrected chi connectivity index (χ1v) is 12.8. The molecule has 2 N–H and O–H groups in total. The Hall–Kier alpha value is -2.20. The molecule has 0 amide bonds. The highest BCUT2D eigenvalue weighted by molar-refractivity contribution is 5.68. The molecule has 8 heteroatoms. The van der Waals surface area contributed by atoms with Crippen molar-refractivity contribution >= 4 is 0 Å². The normalized spacial score (nSPS) is 20.1. The van der Waals surface area contributed by atoms with Gasteiger partial charge in [0.25, 0.3) is 0 Å². The SMILES string of the molecule is CCOCC(O)COc1ccc(-c2ccc(OCC3CO3)c(CC(O)COCC)c2)cc1CC1CO1. The molecule has 2 aromatic rings. The van der Waals surface area contributed by atoms with Crippen LogP contribution in [0.1, 0.15) is 25.0 Å². The predicted octanol–water partition coefficient (Wildman–Crippen LogP) is 2.79. The van der Waals surface area contributed by atoms with Gasteiger partial charge in [0.1, 0.15) is 36.9 Å². The Balaban J connectivity index is 1.52. The summed E-state index contributed by atoms with van der Waals surface area (Å²) >= 11 is 0. The summed E-state index contributed by atoms with van der Waals surface area (Å²) < 4.78 is 33.4. The van der Waals surface area contributed by atoms with Gasteiger partial charge in [-0.15, -0.1) is 0 Å². The molecule has 8 nitrogen and oxygen atoms in total.